The monoisotopic (exact) mass is 592 g/mol. The van der Waals surface area contributed by atoms with Crippen molar-refractivity contribution in [2.24, 2.45) is 0 Å². The molecule has 1 saturated carbocycles. The van der Waals surface area contributed by atoms with E-state index in [1.54, 1.807) is 29.4 Å². The van der Waals surface area contributed by atoms with Gasteiger partial charge in [0, 0.05) is 55.4 Å². The fourth-order valence-corrected chi connectivity index (χ4v) is 5.03. The standard InChI is InChI=1S/C30H31F3N8O2/c1-19-24(39-28(42)20-5-6-21(23(15-20)30(31,32)33)17-40-11-13-43-14-12-40)3-2-4-25(19)41(29-34-9-10-35-29)27-16-26(36-18-37-27)38-22-7-8-22/h2-6,9-10,15-16,18,22H,7-8,11-14,17H2,1H3,(H,34,35)(H,39,42)(H,36,37,38). The minimum atomic E-state index is -4.61. The number of carbonyl (C=O) groups is 1. The van der Waals surface area contributed by atoms with Crippen LogP contribution in [0.1, 0.15) is 39.9 Å². The van der Waals surface area contributed by atoms with Gasteiger partial charge in [-0.25, -0.2) is 15.0 Å². The molecule has 43 heavy (non-hydrogen) atoms. The quantitative estimate of drug-likeness (QED) is 0.229. The Kier molecular flexibility index (Phi) is 8.00. The van der Waals surface area contributed by atoms with Gasteiger partial charge in [-0.1, -0.05) is 12.1 Å². The number of aromatic nitrogens is 4. The van der Waals surface area contributed by atoms with Crippen LogP contribution in [0.5, 0.6) is 0 Å². The molecule has 1 amide bonds. The number of amides is 1. The number of ether oxygens (including phenoxy) is 1. The fraction of sp³-hybridized carbons (Fsp3) is 0.333. The smallest absolute Gasteiger partial charge is 0.379 e. The normalized spacial score (nSPS) is 15.7. The Morgan fingerprint density at radius 1 is 1.12 bits per heavy atom. The summed E-state index contributed by atoms with van der Waals surface area (Å²) < 4.78 is 47.5. The van der Waals surface area contributed by atoms with E-state index in [2.05, 4.69) is 30.6 Å². The van der Waals surface area contributed by atoms with Gasteiger partial charge in [0.15, 0.2) is 0 Å². The molecular formula is C30H31F3N8O2. The van der Waals surface area contributed by atoms with Crippen LogP contribution in [0.2, 0.25) is 0 Å². The topological polar surface area (TPSA) is 111 Å². The van der Waals surface area contributed by atoms with Gasteiger partial charge < -0.3 is 20.4 Å². The lowest BCUT2D eigenvalue weighted by molar-refractivity contribution is -0.138. The number of hydrogen-bond donors (Lipinski definition) is 3. The average molecular weight is 593 g/mol. The molecule has 0 spiro atoms. The zero-order valence-corrected chi connectivity index (χ0v) is 23.5. The number of hydrogen-bond acceptors (Lipinski definition) is 8. The SMILES string of the molecule is Cc1c(NC(=O)c2ccc(CN3CCOCC3)c(C(F)(F)F)c2)cccc1N(c1cc(NC2CC2)ncn1)c1ncc[nH]1. The van der Waals surface area contributed by atoms with Gasteiger partial charge in [0.25, 0.3) is 5.91 Å². The maximum atomic E-state index is 14.1. The van der Waals surface area contributed by atoms with E-state index in [1.165, 1.54) is 18.5 Å². The second-order valence-corrected chi connectivity index (χ2v) is 10.6. The molecule has 2 aromatic heterocycles. The van der Waals surface area contributed by atoms with Gasteiger partial charge in [0.1, 0.15) is 18.0 Å². The summed E-state index contributed by atoms with van der Waals surface area (Å²) in [4.78, 5) is 33.3. The predicted molar refractivity (Wildman–Crippen MR) is 156 cm³/mol. The second-order valence-electron chi connectivity index (χ2n) is 10.6. The first-order valence-electron chi connectivity index (χ1n) is 14.1. The first-order valence-corrected chi connectivity index (χ1v) is 14.1. The first-order chi connectivity index (χ1) is 20.8. The highest BCUT2D eigenvalue weighted by Crippen LogP contribution is 2.38. The van der Waals surface area contributed by atoms with Crippen molar-refractivity contribution in [2.75, 3.05) is 41.8 Å². The van der Waals surface area contributed by atoms with Crippen LogP contribution in [0.25, 0.3) is 0 Å². The Morgan fingerprint density at radius 3 is 2.65 bits per heavy atom. The van der Waals surface area contributed by atoms with Crippen molar-refractivity contribution < 1.29 is 22.7 Å². The third kappa shape index (κ3) is 6.62. The van der Waals surface area contributed by atoms with Crippen molar-refractivity contribution in [1.82, 2.24) is 24.8 Å². The van der Waals surface area contributed by atoms with Crippen molar-refractivity contribution in [1.29, 1.82) is 0 Å². The highest BCUT2D eigenvalue weighted by Gasteiger charge is 2.35. The van der Waals surface area contributed by atoms with E-state index < -0.39 is 17.6 Å². The fourth-order valence-electron chi connectivity index (χ4n) is 5.03. The minimum Gasteiger partial charge on any atom is -0.379 e. The summed E-state index contributed by atoms with van der Waals surface area (Å²) >= 11 is 0. The van der Waals surface area contributed by atoms with Crippen LogP contribution in [-0.4, -0.2) is 63.1 Å². The van der Waals surface area contributed by atoms with Crippen LogP contribution in [0, 0.1) is 6.92 Å². The number of benzene rings is 2. The number of morpholine rings is 1. The van der Waals surface area contributed by atoms with Crippen molar-refractivity contribution in [3.05, 3.63) is 83.4 Å². The molecule has 2 fully saturated rings. The Balaban J connectivity index is 1.28. The summed E-state index contributed by atoms with van der Waals surface area (Å²) in [5, 5.41) is 6.17. The maximum absolute atomic E-state index is 14.1. The maximum Gasteiger partial charge on any atom is 0.416 e. The van der Waals surface area contributed by atoms with Crippen LogP contribution >= 0.6 is 0 Å². The molecule has 0 radical (unpaired) electrons. The van der Waals surface area contributed by atoms with Gasteiger partial charge in [-0.3, -0.25) is 14.6 Å². The number of nitrogens with zero attached hydrogens (tertiary/aromatic N) is 5. The van der Waals surface area contributed by atoms with E-state index in [-0.39, 0.29) is 17.7 Å². The highest BCUT2D eigenvalue weighted by molar-refractivity contribution is 6.05. The van der Waals surface area contributed by atoms with Crippen LogP contribution in [0.3, 0.4) is 0 Å². The molecule has 6 rings (SSSR count). The van der Waals surface area contributed by atoms with E-state index in [0.717, 1.165) is 18.9 Å². The lowest BCUT2D eigenvalue weighted by atomic mass is 10.0. The second kappa shape index (κ2) is 12.0. The summed E-state index contributed by atoms with van der Waals surface area (Å²) in [6.45, 7) is 4.01. The minimum absolute atomic E-state index is 0.0858. The molecule has 13 heteroatoms. The van der Waals surface area contributed by atoms with Crippen molar-refractivity contribution >= 4 is 34.9 Å². The molecule has 3 heterocycles. The van der Waals surface area contributed by atoms with Crippen LogP contribution < -0.4 is 15.5 Å². The molecule has 10 nitrogen and oxygen atoms in total. The molecule has 0 unspecified atom stereocenters. The van der Waals surface area contributed by atoms with E-state index >= 15 is 0 Å². The third-order valence-corrected chi connectivity index (χ3v) is 7.48. The summed E-state index contributed by atoms with van der Waals surface area (Å²) in [5.74, 6) is 1.08. The van der Waals surface area contributed by atoms with Gasteiger partial charge in [0.2, 0.25) is 5.95 Å². The number of nitrogens with one attached hydrogen (secondary N) is 3. The van der Waals surface area contributed by atoms with Gasteiger partial charge in [-0.15, -0.1) is 0 Å². The van der Waals surface area contributed by atoms with Crippen molar-refractivity contribution in [3.63, 3.8) is 0 Å². The van der Waals surface area contributed by atoms with E-state index in [4.69, 9.17) is 4.74 Å². The number of rotatable bonds is 9. The van der Waals surface area contributed by atoms with Crippen LogP contribution in [0.4, 0.5) is 42.1 Å². The summed E-state index contributed by atoms with van der Waals surface area (Å²) in [7, 11) is 0. The Bertz CT molecular complexity index is 1580. The Hall–Kier alpha value is -4.49. The summed E-state index contributed by atoms with van der Waals surface area (Å²) in [6.07, 6.45) is 2.34. The van der Waals surface area contributed by atoms with Gasteiger partial charge in [-0.2, -0.15) is 13.2 Å². The molecule has 3 N–H and O–H groups in total. The number of anilines is 5. The molecule has 0 atom stereocenters. The lowest BCUT2D eigenvalue weighted by Gasteiger charge is -2.27. The third-order valence-electron chi connectivity index (χ3n) is 7.48. The molecule has 1 aliphatic heterocycles. The molecule has 1 saturated heterocycles. The number of carbonyl (C=O) groups excluding carboxylic acids is 1. The Morgan fingerprint density at radius 2 is 1.93 bits per heavy atom. The lowest BCUT2D eigenvalue weighted by Crippen LogP contribution is -2.36. The zero-order chi connectivity index (χ0) is 30.0. The molecule has 2 aromatic carbocycles. The predicted octanol–water partition coefficient (Wildman–Crippen LogP) is 5.66. The molecule has 0 bridgehead atoms. The number of aromatic amines is 1. The van der Waals surface area contributed by atoms with E-state index in [0.29, 0.717) is 66.9 Å². The molecule has 2 aliphatic rings. The molecular weight excluding hydrogens is 561 g/mol. The van der Waals surface area contributed by atoms with Crippen LogP contribution in [0.15, 0.2) is 61.2 Å². The largest absolute Gasteiger partial charge is 0.416 e. The highest BCUT2D eigenvalue weighted by atomic mass is 19.4. The first kappa shape index (κ1) is 28.6. The molecule has 1 aliphatic carbocycles. The van der Waals surface area contributed by atoms with Gasteiger partial charge in [-0.05, 0) is 55.2 Å². The summed E-state index contributed by atoms with van der Waals surface area (Å²) in [5.41, 5.74) is 0.995. The number of imidazole rings is 1. The summed E-state index contributed by atoms with van der Waals surface area (Å²) in [6, 6.07) is 11.3. The average Bonchev–Trinajstić information content (AvgIpc) is 3.64. The van der Waals surface area contributed by atoms with E-state index in [1.807, 2.05) is 24.0 Å². The van der Waals surface area contributed by atoms with Gasteiger partial charge in [0.05, 0.1) is 24.5 Å². The van der Waals surface area contributed by atoms with Crippen LogP contribution in [-0.2, 0) is 17.5 Å². The van der Waals surface area contributed by atoms with Gasteiger partial charge >= 0.3 is 6.18 Å². The number of alkyl halides is 3. The number of halogens is 3. The van der Waals surface area contributed by atoms with E-state index in [9.17, 15) is 18.0 Å². The zero-order valence-electron chi connectivity index (χ0n) is 23.5. The molecule has 4 aromatic rings. The number of H-pyrrole nitrogens is 1. The molecule has 224 valence electrons. The Labute approximate surface area is 246 Å². The van der Waals surface area contributed by atoms with Crippen molar-refractivity contribution in [3.8, 4) is 0 Å². The van der Waals surface area contributed by atoms with Crippen molar-refractivity contribution in [2.45, 2.75) is 38.5 Å².